The molecular weight excluding hydrogens is 643 g/mol. The van der Waals surface area contributed by atoms with E-state index in [2.05, 4.69) is 195 Å². The Kier molecular flexibility index (Phi) is 7.23. The number of aliphatic imine (C=N–C) groups is 2. The third kappa shape index (κ3) is 5.36. The van der Waals surface area contributed by atoms with Crippen molar-refractivity contribution in [3.8, 4) is 33.4 Å². The molecule has 10 rings (SSSR count). The lowest BCUT2D eigenvalue weighted by molar-refractivity contribution is 0.658. The second-order valence-electron chi connectivity index (χ2n) is 14.7. The normalized spacial score (nSPS) is 15.7. The average Bonchev–Trinajstić information content (AvgIpc) is 3.46. The molecule has 1 N–H and O–H groups in total. The summed E-state index contributed by atoms with van der Waals surface area (Å²) < 4.78 is 0. The number of fused-ring (bicyclic) bond motifs is 6. The Labute approximate surface area is 310 Å². The summed E-state index contributed by atoms with van der Waals surface area (Å²) in [6.45, 7) is 4.65. The van der Waals surface area contributed by atoms with Crippen molar-refractivity contribution < 1.29 is 0 Å². The highest BCUT2D eigenvalue weighted by Crippen LogP contribution is 2.48. The van der Waals surface area contributed by atoms with Crippen LogP contribution in [0.5, 0.6) is 0 Å². The zero-order chi connectivity index (χ0) is 35.5. The second-order valence-corrected chi connectivity index (χ2v) is 14.7. The first-order chi connectivity index (χ1) is 26.0. The molecule has 1 aliphatic carbocycles. The average molecular weight is 680 g/mol. The van der Waals surface area contributed by atoms with Crippen LogP contribution in [-0.4, -0.2) is 11.7 Å². The third-order valence-electron chi connectivity index (χ3n) is 11.1. The molecule has 2 aliphatic rings. The first kappa shape index (κ1) is 31.2. The van der Waals surface area contributed by atoms with E-state index >= 15 is 0 Å². The monoisotopic (exact) mass is 679 g/mol. The summed E-state index contributed by atoms with van der Waals surface area (Å²) in [6, 6.07) is 63.3. The fourth-order valence-electron chi connectivity index (χ4n) is 8.30. The van der Waals surface area contributed by atoms with Gasteiger partial charge in [-0.05, 0) is 102 Å². The maximum Gasteiger partial charge on any atom is 0.159 e. The molecule has 1 heterocycles. The summed E-state index contributed by atoms with van der Waals surface area (Å²) in [5.74, 6) is 1.53. The van der Waals surface area contributed by atoms with Crippen molar-refractivity contribution in [1.29, 1.82) is 0 Å². The summed E-state index contributed by atoms with van der Waals surface area (Å²) in [6.07, 6.45) is -0.366. The van der Waals surface area contributed by atoms with Crippen LogP contribution in [0.3, 0.4) is 0 Å². The van der Waals surface area contributed by atoms with Crippen LogP contribution in [0.25, 0.3) is 54.9 Å². The first-order valence-electron chi connectivity index (χ1n) is 18.4. The van der Waals surface area contributed by atoms with Crippen molar-refractivity contribution in [1.82, 2.24) is 5.32 Å². The molecule has 1 aliphatic heterocycles. The molecule has 0 amide bonds. The van der Waals surface area contributed by atoms with Gasteiger partial charge in [0.25, 0.3) is 0 Å². The maximum atomic E-state index is 5.39. The Morgan fingerprint density at radius 3 is 1.85 bits per heavy atom. The molecule has 1 unspecified atom stereocenters. The Morgan fingerprint density at radius 1 is 0.453 bits per heavy atom. The van der Waals surface area contributed by atoms with E-state index in [0.29, 0.717) is 5.84 Å². The highest BCUT2D eigenvalue weighted by molar-refractivity contribution is 6.15. The number of nitrogens with zero attached hydrogens (tertiary/aromatic N) is 2. The first-order valence-corrected chi connectivity index (χ1v) is 18.4. The van der Waals surface area contributed by atoms with Crippen LogP contribution in [-0.2, 0) is 5.41 Å². The van der Waals surface area contributed by atoms with Gasteiger partial charge in [0.15, 0.2) is 5.84 Å². The van der Waals surface area contributed by atoms with Gasteiger partial charge in [-0.1, -0.05) is 159 Å². The highest BCUT2D eigenvalue weighted by atomic mass is 15.2. The van der Waals surface area contributed by atoms with Crippen molar-refractivity contribution >= 4 is 33.2 Å². The molecule has 8 aromatic carbocycles. The molecule has 0 aromatic heterocycles. The molecule has 3 nitrogen and oxygen atoms in total. The van der Waals surface area contributed by atoms with Gasteiger partial charge in [0.1, 0.15) is 12.0 Å². The number of amidine groups is 2. The van der Waals surface area contributed by atoms with Crippen LogP contribution in [0, 0.1) is 0 Å². The topological polar surface area (TPSA) is 36.8 Å². The van der Waals surface area contributed by atoms with E-state index in [4.69, 9.17) is 9.98 Å². The molecular formula is C50H37N3. The largest absolute Gasteiger partial charge is 0.344 e. The van der Waals surface area contributed by atoms with E-state index in [0.717, 1.165) is 33.7 Å². The van der Waals surface area contributed by atoms with Gasteiger partial charge in [-0.3, -0.25) is 0 Å². The quantitative estimate of drug-likeness (QED) is 0.181. The van der Waals surface area contributed by atoms with Crippen LogP contribution in [0.2, 0.25) is 0 Å². The fourth-order valence-corrected chi connectivity index (χ4v) is 8.30. The van der Waals surface area contributed by atoms with Crippen molar-refractivity contribution in [3.63, 3.8) is 0 Å². The van der Waals surface area contributed by atoms with Crippen molar-refractivity contribution in [2.45, 2.75) is 25.4 Å². The van der Waals surface area contributed by atoms with Gasteiger partial charge in [-0.2, -0.15) is 0 Å². The minimum atomic E-state index is -0.366. The van der Waals surface area contributed by atoms with Crippen LogP contribution >= 0.6 is 0 Å². The Balaban J connectivity index is 1.14. The van der Waals surface area contributed by atoms with Crippen molar-refractivity contribution in [2.75, 3.05) is 0 Å². The van der Waals surface area contributed by atoms with E-state index in [1.807, 2.05) is 0 Å². The van der Waals surface area contributed by atoms with E-state index in [1.54, 1.807) is 0 Å². The predicted molar refractivity (Wildman–Crippen MR) is 222 cm³/mol. The summed E-state index contributed by atoms with van der Waals surface area (Å²) in [4.78, 5) is 10.7. The Hall–Kier alpha value is -6.58. The molecule has 8 aromatic rings. The standard InChI is InChI=1S/C50H37N3/c1-50(2)45-20-12-11-19-43(45)44-26-24-37(31-46(44)50)48-51-47(36-23-25-42-35(27-36)22-21-34-17-9-10-18-41(34)42)52-49(53-48)40-29-38(32-13-5-3-6-14-32)28-39(30-40)33-15-7-4-8-16-33/h3-31,49H,1-2H3,(H,51,52,53). The summed E-state index contributed by atoms with van der Waals surface area (Å²) in [7, 11) is 0. The molecule has 3 heteroatoms. The lowest BCUT2D eigenvalue weighted by atomic mass is 9.82. The number of hydrogen-bond donors (Lipinski definition) is 1. The molecule has 0 saturated carbocycles. The predicted octanol–water partition coefficient (Wildman–Crippen LogP) is 12.1. The summed E-state index contributed by atoms with van der Waals surface area (Å²) in [5.41, 5.74) is 12.9. The molecule has 53 heavy (non-hydrogen) atoms. The summed E-state index contributed by atoms with van der Waals surface area (Å²) >= 11 is 0. The fraction of sp³-hybridized carbons (Fsp3) is 0.0800. The van der Waals surface area contributed by atoms with E-state index in [1.165, 1.54) is 54.9 Å². The molecule has 0 radical (unpaired) electrons. The zero-order valence-corrected chi connectivity index (χ0v) is 29.7. The van der Waals surface area contributed by atoms with Crippen LogP contribution < -0.4 is 5.32 Å². The van der Waals surface area contributed by atoms with Gasteiger partial charge in [0, 0.05) is 16.5 Å². The lowest BCUT2D eigenvalue weighted by Crippen LogP contribution is -2.34. The van der Waals surface area contributed by atoms with Gasteiger partial charge < -0.3 is 5.32 Å². The van der Waals surface area contributed by atoms with Gasteiger partial charge >= 0.3 is 0 Å². The molecule has 0 bridgehead atoms. The SMILES string of the molecule is CC1(C)c2ccccc2-c2ccc(C3=NC(c4ccc5c(ccc6ccccc65)c4)=NC(c4cc(-c5ccccc5)cc(-c5ccccc5)c4)N3)cc21. The molecule has 252 valence electrons. The van der Waals surface area contributed by atoms with Gasteiger partial charge in [0.05, 0.1) is 0 Å². The second kappa shape index (κ2) is 12.3. The molecule has 0 saturated heterocycles. The molecule has 0 fully saturated rings. The minimum absolute atomic E-state index is 0.122. The smallest absolute Gasteiger partial charge is 0.159 e. The van der Waals surface area contributed by atoms with E-state index in [-0.39, 0.29) is 11.6 Å². The van der Waals surface area contributed by atoms with Crippen LogP contribution in [0.4, 0.5) is 0 Å². The third-order valence-corrected chi connectivity index (χ3v) is 11.1. The van der Waals surface area contributed by atoms with Crippen LogP contribution in [0.1, 0.15) is 47.8 Å². The van der Waals surface area contributed by atoms with Crippen molar-refractivity contribution in [2.24, 2.45) is 9.98 Å². The summed E-state index contributed by atoms with van der Waals surface area (Å²) in [5, 5.41) is 8.69. The highest BCUT2D eigenvalue weighted by Gasteiger charge is 2.36. The van der Waals surface area contributed by atoms with Gasteiger partial charge in [-0.25, -0.2) is 9.98 Å². The number of rotatable bonds is 5. The van der Waals surface area contributed by atoms with E-state index in [9.17, 15) is 0 Å². The molecule has 0 spiro atoms. The van der Waals surface area contributed by atoms with E-state index < -0.39 is 0 Å². The number of benzene rings is 8. The maximum absolute atomic E-state index is 5.39. The number of nitrogens with one attached hydrogen (secondary N) is 1. The molecule has 1 atom stereocenters. The van der Waals surface area contributed by atoms with Gasteiger partial charge in [-0.15, -0.1) is 0 Å². The van der Waals surface area contributed by atoms with Crippen molar-refractivity contribution in [3.05, 3.63) is 204 Å². The zero-order valence-electron chi connectivity index (χ0n) is 29.7. The lowest BCUT2D eigenvalue weighted by Gasteiger charge is -2.26. The Morgan fingerprint density at radius 2 is 1.08 bits per heavy atom. The Bertz CT molecular complexity index is 2720. The van der Waals surface area contributed by atoms with Gasteiger partial charge in [0.2, 0.25) is 0 Å². The van der Waals surface area contributed by atoms with Crippen LogP contribution in [0.15, 0.2) is 186 Å². The number of hydrogen-bond acceptors (Lipinski definition) is 3. The minimum Gasteiger partial charge on any atom is -0.344 e.